The molecular weight excluding hydrogens is 298 g/mol. The van der Waals surface area contributed by atoms with E-state index in [1.54, 1.807) is 6.92 Å². The van der Waals surface area contributed by atoms with Gasteiger partial charge in [0.15, 0.2) is 11.5 Å². The SMILES string of the molecule is Cc1nonc1CC(=O)N[C@@H](C)c1ccc2c(c1)OCCCO2. The Morgan fingerprint density at radius 2 is 2.04 bits per heavy atom. The van der Waals surface area contributed by atoms with Gasteiger partial charge in [0.25, 0.3) is 0 Å². The zero-order valence-corrected chi connectivity index (χ0v) is 13.2. The first-order chi connectivity index (χ1) is 11.1. The van der Waals surface area contributed by atoms with E-state index in [-0.39, 0.29) is 18.4 Å². The van der Waals surface area contributed by atoms with Crippen molar-refractivity contribution in [2.24, 2.45) is 0 Å². The van der Waals surface area contributed by atoms with Crippen LogP contribution in [0, 0.1) is 6.92 Å². The molecule has 0 aliphatic carbocycles. The van der Waals surface area contributed by atoms with Gasteiger partial charge in [-0.3, -0.25) is 4.79 Å². The predicted octanol–water partition coefficient (Wildman–Crippen LogP) is 1.96. The highest BCUT2D eigenvalue weighted by molar-refractivity contribution is 5.78. The third kappa shape index (κ3) is 3.61. The molecule has 7 nitrogen and oxygen atoms in total. The highest BCUT2D eigenvalue weighted by Gasteiger charge is 2.17. The van der Waals surface area contributed by atoms with Gasteiger partial charge in [-0.15, -0.1) is 0 Å². The second kappa shape index (κ2) is 6.68. The summed E-state index contributed by atoms with van der Waals surface area (Å²) in [7, 11) is 0. The molecule has 0 saturated heterocycles. The lowest BCUT2D eigenvalue weighted by molar-refractivity contribution is -0.121. The summed E-state index contributed by atoms with van der Waals surface area (Å²) in [6.07, 6.45) is 1.01. The van der Waals surface area contributed by atoms with Crippen LogP contribution in [0.3, 0.4) is 0 Å². The Bertz CT molecular complexity index is 698. The number of nitrogens with zero attached hydrogens (tertiary/aromatic N) is 2. The van der Waals surface area contributed by atoms with Gasteiger partial charge in [0.1, 0.15) is 11.4 Å². The van der Waals surface area contributed by atoms with Crippen LogP contribution in [0.4, 0.5) is 0 Å². The molecule has 7 heteroatoms. The van der Waals surface area contributed by atoms with E-state index in [2.05, 4.69) is 20.3 Å². The van der Waals surface area contributed by atoms with E-state index in [9.17, 15) is 4.79 Å². The topological polar surface area (TPSA) is 86.5 Å². The summed E-state index contributed by atoms with van der Waals surface area (Å²) in [6.45, 7) is 4.97. The molecule has 1 atom stereocenters. The van der Waals surface area contributed by atoms with Gasteiger partial charge in [-0.05, 0) is 31.5 Å². The van der Waals surface area contributed by atoms with Crippen molar-refractivity contribution < 1.29 is 18.9 Å². The van der Waals surface area contributed by atoms with Crippen molar-refractivity contribution in [1.82, 2.24) is 15.6 Å². The second-order valence-electron chi connectivity index (χ2n) is 5.52. The van der Waals surface area contributed by atoms with Gasteiger partial charge in [-0.2, -0.15) is 0 Å². The minimum absolute atomic E-state index is 0.136. The maximum atomic E-state index is 12.1. The smallest absolute Gasteiger partial charge is 0.226 e. The summed E-state index contributed by atoms with van der Waals surface area (Å²) in [5.74, 6) is 1.33. The zero-order valence-electron chi connectivity index (χ0n) is 13.2. The molecule has 2 aromatic rings. The van der Waals surface area contributed by atoms with Gasteiger partial charge >= 0.3 is 0 Å². The Kier molecular flexibility index (Phi) is 4.45. The summed E-state index contributed by atoms with van der Waals surface area (Å²) in [5, 5.41) is 10.3. The van der Waals surface area contributed by atoms with Gasteiger partial charge in [-0.1, -0.05) is 16.4 Å². The number of benzene rings is 1. The standard InChI is InChI=1S/C16H19N3O4/c1-10(17-16(20)9-13-11(2)18-23-19-13)12-4-5-14-15(8-12)22-7-3-6-21-14/h4-5,8,10H,3,6-7,9H2,1-2H3,(H,17,20)/t10-/m0/s1. The molecule has 0 bridgehead atoms. The van der Waals surface area contributed by atoms with Crippen molar-refractivity contribution in [3.8, 4) is 11.5 Å². The molecule has 122 valence electrons. The first-order valence-electron chi connectivity index (χ1n) is 7.60. The van der Waals surface area contributed by atoms with Gasteiger partial charge in [-0.25, -0.2) is 4.63 Å². The summed E-state index contributed by atoms with van der Waals surface area (Å²) in [5.41, 5.74) is 2.13. The Hall–Kier alpha value is -2.57. The maximum absolute atomic E-state index is 12.1. The molecule has 0 spiro atoms. The van der Waals surface area contributed by atoms with Crippen LogP contribution in [0.15, 0.2) is 22.8 Å². The van der Waals surface area contributed by atoms with Crippen LogP contribution in [-0.4, -0.2) is 29.4 Å². The number of amides is 1. The van der Waals surface area contributed by atoms with Crippen LogP contribution in [0.2, 0.25) is 0 Å². The average molecular weight is 317 g/mol. The van der Waals surface area contributed by atoms with Crippen molar-refractivity contribution >= 4 is 5.91 Å². The summed E-state index contributed by atoms with van der Waals surface area (Å²) in [4.78, 5) is 12.1. The molecule has 0 saturated carbocycles. The summed E-state index contributed by atoms with van der Waals surface area (Å²) < 4.78 is 15.9. The number of hydrogen-bond donors (Lipinski definition) is 1. The number of aryl methyl sites for hydroxylation is 1. The highest BCUT2D eigenvalue weighted by Crippen LogP contribution is 2.32. The Morgan fingerprint density at radius 3 is 2.78 bits per heavy atom. The Labute approximate surface area is 133 Å². The quantitative estimate of drug-likeness (QED) is 0.927. The monoisotopic (exact) mass is 317 g/mol. The number of hydrogen-bond acceptors (Lipinski definition) is 6. The molecule has 1 N–H and O–H groups in total. The minimum Gasteiger partial charge on any atom is -0.490 e. The van der Waals surface area contributed by atoms with Gasteiger partial charge in [0.05, 0.1) is 25.7 Å². The van der Waals surface area contributed by atoms with Gasteiger partial charge in [0.2, 0.25) is 5.91 Å². The van der Waals surface area contributed by atoms with Gasteiger partial charge < -0.3 is 14.8 Å². The highest BCUT2D eigenvalue weighted by atomic mass is 16.6. The largest absolute Gasteiger partial charge is 0.490 e. The van der Waals surface area contributed by atoms with Crippen LogP contribution in [-0.2, 0) is 11.2 Å². The molecule has 1 amide bonds. The van der Waals surface area contributed by atoms with Crippen LogP contribution < -0.4 is 14.8 Å². The maximum Gasteiger partial charge on any atom is 0.226 e. The number of aromatic nitrogens is 2. The molecule has 23 heavy (non-hydrogen) atoms. The number of rotatable bonds is 4. The van der Waals surface area contributed by atoms with E-state index in [4.69, 9.17) is 9.47 Å². The number of carbonyl (C=O) groups excluding carboxylic acids is 1. The lowest BCUT2D eigenvalue weighted by Crippen LogP contribution is -2.28. The van der Waals surface area contributed by atoms with Crippen molar-refractivity contribution in [2.75, 3.05) is 13.2 Å². The molecule has 0 radical (unpaired) electrons. The number of ether oxygens (including phenoxy) is 2. The predicted molar refractivity (Wildman–Crippen MR) is 81.3 cm³/mol. The first-order valence-corrected chi connectivity index (χ1v) is 7.60. The third-order valence-electron chi connectivity index (χ3n) is 3.72. The van der Waals surface area contributed by atoms with E-state index >= 15 is 0 Å². The Balaban J connectivity index is 1.66. The number of carbonyl (C=O) groups is 1. The third-order valence-corrected chi connectivity index (χ3v) is 3.72. The molecule has 1 aliphatic heterocycles. The fraction of sp³-hybridized carbons (Fsp3) is 0.438. The van der Waals surface area contributed by atoms with Crippen LogP contribution in [0.25, 0.3) is 0 Å². The van der Waals surface area contributed by atoms with Crippen molar-refractivity contribution in [3.05, 3.63) is 35.2 Å². The van der Waals surface area contributed by atoms with E-state index < -0.39 is 0 Å². The first kappa shape index (κ1) is 15.3. The minimum atomic E-state index is -0.153. The van der Waals surface area contributed by atoms with E-state index in [1.165, 1.54) is 0 Å². The lowest BCUT2D eigenvalue weighted by atomic mass is 10.1. The van der Waals surface area contributed by atoms with Crippen LogP contribution in [0.5, 0.6) is 11.5 Å². The van der Waals surface area contributed by atoms with Crippen molar-refractivity contribution in [1.29, 1.82) is 0 Å². The zero-order chi connectivity index (χ0) is 16.2. The fourth-order valence-corrected chi connectivity index (χ4v) is 2.39. The molecule has 1 aliphatic rings. The van der Waals surface area contributed by atoms with Crippen molar-refractivity contribution in [2.45, 2.75) is 32.7 Å². The fourth-order valence-electron chi connectivity index (χ4n) is 2.39. The van der Waals surface area contributed by atoms with E-state index in [1.807, 2.05) is 25.1 Å². The van der Waals surface area contributed by atoms with Crippen molar-refractivity contribution in [3.63, 3.8) is 0 Å². The molecule has 1 aromatic carbocycles. The lowest BCUT2D eigenvalue weighted by Gasteiger charge is -2.16. The molecule has 0 fully saturated rings. The van der Waals surface area contributed by atoms with Crippen LogP contribution >= 0.6 is 0 Å². The average Bonchev–Trinajstić information content (AvgIpc) is 2.80. The molecule has 0 unspecified atom stereocenters. The number of nitrogens with one attached hydrogen (secondary N) is 1. The summed E-state index contributed by atoms with van der Waals surface area (Å²) in [6, 6.07) is 5.57. The van der Waals surface area contributed by atoms with E-state index in [0.29, 0.717) is 24.6 Å². The molecule has 2 heterocycles. The van der Waals surface area contributed by atoms with E-state index in [0.717, 1.165) is 23.5 Å². The van der Waals surface area contributed by atoms with Gasteiger partial charge in [0, 0.05) is 6.42 Å². The Morgan fingerprint density at radius 1 is 1.26 bits per heavy atom. The van der Waals surface area contributed by atoms with Crippen LogP contribution in [0.1, 0.15) is 36.3 Å². The molecule has 3 rings (SSSR count). The second-order valence-corrected chi connectivity index (χ2v) is 5.52. The number of fused-ring (bicyclic) bond motifs is 1. The molecular formula is C16H19N3O4. The summed E-state index contributed by atoms with van der Waals surface area (Å²) >= 11 is 0. The normalized spacial score (nSPS) is 14.9. The molecule has 1 aromatic heterocycles.